The summed E-state index contributed by atoms with van der Waals surface area (Å²) in [5.74, 6) is 1.60. The molecule has 1 aliphatic rings. The molecule has 4 rings (SSSR count). The molecule has 1 unspecified atom stereocenters. The van der Waals surface area contributed by atoms with Crippen molar-refractivity contribution in [1.29, 1.82) is 0 Å². The van der Waals surface area contributed by atoms with Crippen molar-refractivity contribution in [2.75, 3.05) is 19.6 Å². The van der Waals surface area contributed by atoms with Gasteiger partial charge in [-0.05, 0) is 29.6 Å². The van der Waals surface area contributed by atoms with Crippen LogP contribution in [0.1, 0.15) is 27.1 Å². The van der Waals surface area contributed by atoms with Crippen molar-refractivity contribution in [2.24, 2.45) is 7.05 Å². The molecule has 2 aromatic heterocycles. The molecule has 1 saturated heterocycles. The van der Waals surface area contributed by atoms with Crippen molar-refractivity contribution in [3.8, 4) is 5.75 Å². The van der Waals surface area contributed by atoms with Crippen molar-refractivity contribution in [3.63, 3.8) is 0 Å². The van der Waals surface area contributed by atoms with E-state index in [4.69, 9.17) is 4.74 Å². The van der Waals surface area contributed by atoms with E-state index in [1.807, 2.05) is 64.5 Å². The standard InChI is InChI=1S/C20H22N4O2S/c1-23-9-8-22-19(23)18-13-21-7-10-24(18)20(25)15-4-2-5-16(12-15)26-14-17-6-3-11-27-17/h2-6,8-9,11-12,18,21H,7,10,13-14H2,1H3. The molecule has 1 N–H and O–H groups in total. The number of hydrogen-bond acceptors (Lipinski definition) is 5. The summed E-state index contributed by atoms with van der Waals surface area (Å²) in [6.07, 6.45) is 3.68. The highest BCUT2D eigenvalue weighted by Gasteiger charge is 2.31. The number of thiophene rings is 1. The Hall–Kier alpha value is -2.64. The predicted octanol–water partition coefficient (Wildman–Crippen LogP) is 2.85. The summed E-state index contributed by atoms with van der Waals surface area (Å²) in [5.41, 5.74) is 0.639. The number of benzene rings is 1. The largest absolute Gasteiger partial charge is 0.488 e. The summed E-state index contributed by atoms with van der Waals surface area (Å²) in [4.78, 5) is 20.7. The van der Waals surface area contributed by atoms with Crippen LogP contribution in [-0.4, -0.2) is 40.0 Å². The number of aromatic nitrogens is 2. The zero-order chi connectivity index (χ0) is 18.6. The van der Waals surface area contributed by atoms with Crippen LogP contribution >= 0.6 is 11.3 Å². The summed E-state index contributed by atoms with van der Waals surface area (Å²) in [5, 5.41) is 5.39. The van der Waals surface area contributed by atoms with Gasteiger partial charge in [0.25, 0.3) is 5.91 Å². The normalized spacial score (nSPS) is 17.1. The summed E-state index contributed by atoms with van der Waals surface area (Å²) < 4.78 is 7.83. The van der Waals surface area contributed by atoms with Crippen molar-refractivity contribution < 1.29 is 9.53 Å². The quantitative estimate of drug-likeness (QED) is 0.737. The van der Waals surface area contributed by atoms with Gasteiger partial charge in [0.15, 0.2) is 0 Å². The lowest BCUT2D eigenvalue weighted by atomic mass is 10.1. The Bertz CT molecular complexity index is 906. The van der Waals surface area contributed by atoms with Gasteiger partial charge in [-0.3, -0.25) is 4.79 Å². The van der Waals surface area contributed by atoms with E-state index in [0.29, 0.717) is 31.0 Å². The second kappa shape index (κ2) is 7.94. The number of carbonyl (C=O) groups is 1. The van der Waals surface area contributed by atoms with E-state index in [0.717, 1.165) is 17.2 Å². The minimum atomic E-state index is -0.0815. The highest BCUT2D eigenvalue weighted by Crippen LogP contribution is 2.24. The first kappa shape index (κ1) is 17.8. The summed E-state index contributed by atoms with van der Waals surface area (Å²) in [6.45, 7) is 2.64. The van der Waals surface area contributed by atoms with Gasteiger partial charge < -0.3 is 19.5 Å². The number of aryl methyl sites for hydroxylation is 1. The SMILES string of the molecule is Cn1ccnc1C1CNCCN1C(=O)c1cccc(OCc2cccs2)c1. The van der Waals surface area contributed by atoms with Crippen LogP contribution in [0, 0.1) is 0 Å². The van der Waals surface area contributed by atoms with Gasteiger partial charge in [0.2, 0.25) is 0 Å². The summed E-state index contributed by atoms with van der Waals surface area (Å²) in [7, 11) is 1.96. The van der Waals surface area contributed by atoms with Crippen LogP contribution in [0.25, 0.3) is 0 Å². The molecule has 1 atom stereocenters. The van der Waals surface area contributed by atoms with Gasteiger partial charge in [0.05, 0.1) is 0 Å². The average molecular weight is 382 g/mol. The number of hydrogen-bond donors (Lipinski definition) is 1. The van der Waals surface area contributed by atoms with Gasteiger partial charge in [-0.1, -0.05) is 12.1 Å². The lowest BCUT2D eigenvalue weighted by Gasteiger charge is -2.35. The van der Waals surface area contributed by atoms with E-state index in [2.05, 4.69) is 10.3 Å². The molecule has 140 valence electrons. The maximum Gasteiger partial charge on any atom is 0.254 e. The number of piperazine rings is 1. The lowest BCUT2D eigenvalue weighted by molar-refractivity contribution is 0.0620. The molecule has 1 aromatic carbocycles. The predicted molar refractivity (Wildman–Crippen MR) is 105 cm³/mol. The van der Waals surface area contributed by atoms with Crippen LogP contribution in [0.2, 0.25) is 0 Å². The van der Waals surface area contributed by atoms with Crippen molar-refractivity contribution in [1.82, 2.24) is 19.8 Å². The van der Waals surface area contributed by atoms with Crippen LogP contribution < -0.4 is 10.1 Å². The molecule has 1 aliphatic heterocycles. The van der Waals surface area contributed by atoms with Crippen molar-refractivity contribution in [3.05, 3.63) is 70.4 Å². The number of nitrogens with one attached hydrogen (secondary N) is 1. The molecular weight excluding hydrogens is 360 g/mol. The molecule has 0 bridgehead atoms. The molecule has 3 heterocycles. The topological polar surface area (TPSA) is 59.4 Å². The second-order valence-corrected chi connectivity index (χ2v) is 7.54. The van der Waals surface area contributed by atoms with Crippen LogP contribution in [0.3, 0.4) is 0 Å². The summed E-state index contributed by atoms with van der Waals surface area (Å²) >= 11 is 1.66. The first-order valence-corrected chi connectivity index (χ1v) is 9.84. The molecular formula is C20H22N4O2S. The fourth-order valence-corrected chi connectivity index (χ4v) is 3.93. The number of amides is 1. The molecule has 1 fully saturated rings. The zero-order valence-corrected chi connectivity index (χ0v) is 16.0. The van der Waals surface area contributed by atoms with Gasteiger partial charge in [0, 0.05) is 49.5 Å². The van der Waals surface area contributed by atoms with Crippen LogP contribution in [0.15, 0.2) is 54.2 Å². The third-order valence-electron chi connectivity index (χ3n) is 4.70. The maximum atomic E-state index is 13.2. The number of carbonyl (C=O) groups excluding carboxylic acids is 1. The number of rotatable bonds is 5. The van der Waals surface area contributed by atoms with Crippen LogP contribution in [-0.2, 0) is 13.7 Å². The lowest BCUT2D eigenvalue weighted by Crippen LogP contribution is -2.49. The Morgan fingerprint density at radius 2 is 2.30 bits per heavy atom. The van der Waals surface area contributed by atoms with Gasteiger partial charge in [-0.15, -0.1) is 11.3 Å². The number of imidazole rings is 1. The second-order valence-electron chi connectivity index (χ2n) is 6.51. The Kier molecular flexibility index (Phi) is 5.22. The Morgan fingerprint density at radius 3 is 3.07 bits per heavy atom. The summed E-state index contributed by atoms with van der Waals surface area (Å²) in [6, 6.07) is 11.4. The monoisotopic (exact) mass is 382 g/mol. The molecule has 3 aromatic rings. The van der Waals surface area contributed by atoms with Crippen LogP contribution in [0.5, 0.6) is 5.75 Å². The van der Waals surface area contributed by atoms with Crippen LogP contribution in [0.4, 0.5) is 0 Å². The van der Waals surface area contributed by atoms with E-state index in [1.54, 1.807) is 17.5 Å². The minimum absolute atomic E-state index is 0.00562. The highest BCUT2D eigenvalue weighted by atomic mass is 32.1. The molecule has 0 radical (unpaired) electrons. The van der Waals surface area contributed by atoms with Gasteiger partial charge in [-0.2, -0.15) is 0 Å². The first-order chi connectivity index (χ1) is 13.2. The Balaban J connectivity index is 1.52. The van der Waals surface area contributed by atoms with Gasteiger partial charge in [-0.25, -0.2) is 4.98 Å². The number of ether oxygens (including phenoxy) is 1. The molecule has 7 heteroatoms. The molecule has 27 heavy (non-hydrogen) atoms. The Labute approximate surface area is 162 Å². The highest BCUT2D eigenvalue weighted by molar-refractivity contribution is 7.09. The zero-order valence-electron chi connectivity index (χ0n) is 15.2. The fourth-order valence-electron chi connectivity index (χ4n) is 3.31. The number of nitrogens with zero attached hydrogens (tertiary/aromatic N) is 3. The third kappa shape index (κ3) is 3.89. The Morgan fingerprint density at radius 1 is 1.37 bits per heavy atom. The van der Waals surface area contributed by atoms with Gasteiger partial charge >= 0.3 is 0 Å². The minimum Gasteiger partial charge on any atom is -0.488 e. The smallest absolute Gasteiger partial charge is 0.254 e. The van der Waals surface area contributed by atoms with Crippen molar-refractivity contribution in [2.45, 2.75) is 12.6 Å². The van der Waals surface area contributed by atoms with E-state index in [9.17, 15) is 4.79 Å². The molecule has 0 saturated carbocycles. The fraction of sp³-hybridized carbons (Fsp3) is 0.300. The van der Waals surface area contributed by atoms with E-state index in [-0.39, 0.29) is 11.9 Å². The molecule has 1 amide bonds. The molecule has 0 spiro atoms. The van der Waals surface area contributed by atoms with Gasteiger partial charge in [0.1, 0.15) is 24.2 Å². The molecule has 6 nitrogen and oxygen atoms in total. The van der Waals surface area contributed by atoms with Crippen molar-refractivity contribution >= 4 is 17.2 Å². The average Bonchev–Trinajstić information content (AvgIpc) is 3.37. The van der Waals surface area contributed by atoms with E-state index in [1.165, 1.54) is 0 Å². The van der Waals surface area contributed by atoms with E-state index < -0.39 is 0 Å². The molecule has 0 aliphatic carbocycles. The van der Waals surface area contributed by atoms with E-state index >= 15 is 0 Å². The first-order valence-electron chi connectivity index (χ1n) is 8.96. The maximum absolute atomic E-state index is 13.2. The third-order valence-corrected chi connectivity index (χ3v) is 5.55.